The summed E-state index contributed by atoms with van der Waals surface area (Å²) in [5.41, 5.74) is 1.43. The Morgan fingerprint density at radius 3 is 2.29 bits per heavy atom. The van der Waals surface area contributed by atoms with Gasteiger partial charge in [-0.05, 0) is 24.3 Å². The number of hydrogen-bond acceptors (Lipinski definition) is 4. The quantitative estimate of drug-likeness (QED) is 0.347. The lowest BCUT2D eigenvalue weighted by molar-refractivity contribution is -0.138. The van der Waals surface area contributed by atoms with E-state index in [1.807, 2.05) is 0 Å². The second kappa shape index (κ2) is 9.78. The topological polar surface area (TPSA) is 84.2 Å². The van der Waals surface area contributed by atoms with Crippen molar-refractivity contribution < 1.29 is 31.1 Å². The molecule has 0 aliphatic heterocycles. The van der Waals surface area contributed by atoms with Crippen LogP contribution in [0.15, 0.2) is 61.2 Å². The molecule has 4 rings (SSSR count). The van der Waals surface area contributed by atoms with Gasteiger partial charge in [0, 0.05) is 35.4 Å². The number of urea groups is 1. The predicted molar refractivity (Wildman–Crippen MR) is 117 cm³/mol. The van der Waals surface area contributed by atoms with E-state index in [1.54, 1.807) is 46.2 Å². The average molecular weight is 517 g/mol. The van der Waals surface area contributed by atoms with Crippen molar-refractivity contribution >= 4 is 29.8 Å². The highest BCUT2D eigenvalue weighted by molar-refractivity contribution is 5.90. The highest BCUT2D eigenvalue weighted by Crippen LogP contribution is 2.29. The molecule has 0 spiro atoms. The summed E-state index contributed by atoms with van der Waals surface area (Å²) in [7, 11) is 0. The Balaban J connectivity index is 0.00000342. The minimum absolute atomic E-state index is 0. The zero-order valence-electron chi connectivity index (χ0n) is 17.4. The van der Waals surface area contributed by atoms with E-state index in [4.69, 9.17) is 0 Å². The van der Waals surface area contributed by atoms with Gasteiger partial charge in [0.15, 0.2) is 5.82 Å². The SMILES string of the molecule is Cl.O=C(NCC(F)(F)F)Nc1cccc(-c2cnc3cc(-c4ncc(C(F)(F)F)cn4)ccn23)c1. The van der Waals surface area contributed by atoms with E-state index < -0.39 is 30.5 Å². The molecule has 0 bridgehead atoms. The van der Waals surface area contributed by atoms with Crippen LogP contribution in [0, 0.1) is 0 Å². The van der Waals surface area contributed by atoms with Crippen LogP contribution in [0.2, 0.25) is 0 Å². The van der Waals surface area contributed by atoms with E-state index in [0.29, 0.717) is 34.9 Å². The van der Waals surface area contributed by atoms with E-state index in [0.717, 1.165) is 0 Å². The van der Waals surface area contributed by atoms with E-state index in [1.165, 1.54) is 12.3 Å². The summed E-state index contributed by atoms with van der Waals surface area (Å²) in [5, 5.41) is 4.06. The molecule has 4 aromatic rings. The monoisotopic (exact) mass is 516 g/mol. The number of nitrogens with zero attached hydrogens (tertiary/aromatic N) is 4. The van der Waals surface area contributed by atoms with Gasteiger partial charge in [-0.1, -0.05) is 12.1 Å². The van der Waals surface area contributed by atoms with Crippen molar-refractivity contribution in [1.29, 1.82) is 0 Å². The van der Waals surface area contributed by atoms with Crippen LogP contribution in [0.1, 0.15) is 5.56 Å². The minimum Gasteiger partial charge on any atom is -0.329 e. The molecule has 35 heavy (non-hydrogen) atoms. The fourth-order valence-electron chi connectivity index (χ4n) is 3.07. The van der Waals surface area contributed by atoms with Gasteiger partial charge in [-0.3, -0.25) is 4.40 Å². The Morgan fingerprint density at radius 1 is 0.914 bits per heavy atom. The number of carbonyl (C=O) groups excluding carboxylic acids is 1. The summed E-state index contributed by atoms with van der Waals surface area (Å²) >= 11 is 0. The van der Waals surface area contributed by atoms with Crippen LogP contribution >= 0.6 is 12.4 Å². The Labute approximate surface area is 199 Å². The molecule has 0 radical (unpaired) electrons. The van der Waals surface area contributed by atoms with Crippen LogP contribution in [0.5, 0.6) is 0 Å². The fourth-order valence-corrected chi connectivity index (χ4v) is 3.07. The number of hydrogen-bond donors (Lipinski definition) is 2. The third kappa shape index (κ3) is 6.18. The summed E-state index contributed by atoms with van der Waals surface area (Å²) in [6, 6.07) is 8.59. The van der Waals surface area contributed by atoms with Crippen LogP contribution in [-0.4, -0.2) is 38.1 Å². The highest BCUT2D eigenvalue weighted by atomic mass is 35.5. The molecule has 0 saturated carbocycles. The number of imidazole rings is 1. The lowest BCUT2D eigenvalue weighted by atomic mass is 10.1. The minimum atomic E-state index is -4.54. The normalized spacial score (nSPS) is 11.7. The number of rotatable bonds is 4. The molecule has 0 fully saturated rings. The summed E-state index contributed by atoms with van der Waals surface area (Å²) in [6.45, 7) is -1.46. The van der Waals surface area contributed by atoms with Gasteiger partial charge in [-0.15, -0.1) is 12.4 Å². The Bertz CT molecular complexity index is 1340. The van der Waals surface area contributed by atoms with Crippen molar-refractivity contribution in [1.82, 2.24) is 24.7 Å². The lowest BCUT2D eigenvalue weighted by Gasteiger charge is -2.11. The summed E-state index contributed by atoms with van der Waals surface area (Å²) < 4.78 is 76.6. The first-order chi connectivity index (χ1) is 16.0. The Hall–Kier alpha value is -3.87. The standard InChI is InChI=1S/C21H14F6N6O.ClH/c22-20(23,24)11-31-19(34)32-15-3-1-2-12(6-15)16-10-28-17-7-13(4-5-33(16)17)18-29-8-14(9-30-18)21(25,26)27;/h1-10H,11H2,(H2,31,32,34);1H. The number of pyridine rings is 1. The fraction of sp³-hybridized carbons (Fsp3) is 0.143. The molecule has 2 N–H and O–H groups in total. The van der Waals surface area contributed by atoms with Crippen molar-refractivity contribution in [3.8, 4) is 22.6 Å². The Kier molecular flexibility index (Phi) is 7.19. The molecule has 2 amide bonds. The molecule has 14 heteroatoms. The average Bonchev–Trinajstić information content (AvgIpc) is 3.20. The van der Waals surface area contributed by atoms with Gasteiger partial charge in [0.1, 0.15) is 12.2 Å². The number of benzene rings is 1. The number of amides is 2. The second-order valence-corrected chi connectivity index (χ2v) is 7.08. The smallest absolute Gasteiger partial charge is 0.329 e. The van der Waals surface area contributed by atoms with Gasteiger partial charge >= 0.3 is 18.4 Å². The number of halogens is 7. The van der Waals surface area contributed by atoms with Gasteiger partial charge in [-0.2, -0.15) is 26.3 Å². The molecule has 0 unspecified atom stereocenters. The van der Waals surface area contributed by atoms with Gasteiger partial charge in [0.2, 0.25) is 0 Å². The highest BCUT2D eigenvalue weighted by Gasteiger charge is 2.31. The van der Waals surface area contributed by atoms with E-state index in [2.05, 4.69) is 20.3 Å². The van der Waals surface area contributed by atoms with E-state index >= 15 is 0 Å². The second-order valence-electron chi connectivity index (χ2n) is 7.08. The first-order valence-electron chi connectivity index (χ1n) is 9.58. The van der Waals surface area contributed by atoms with Crippen LogP contribution < -0.4 is 10.6 Å². The lowest BCUT2D eigenvalue weighted by Crippen LogP contribution is -2.36. The number of carbonyl (C=O) groups is 1. The van der Waals surface area contributed by atoms with Crippen LogP contribution in [0.4, 0.5) is 36.8 Å². The zero-order chi connectivity index (χ0) is 24.5. The number of fused-ring (bicyclic) bond motifs is 1. The maximum Gasteiger partial charge on any atom is 0.419 e. The third-order valence-corrected chi connectivity index (χ3v) is 4.62. The molecule has 3 aromatic heterocycles. The molecule has 0 aliphatic carbocycles. The molecule has 7 nitrogen and oxygen atoms in total. The molecule has 0 atom stereocenters. The van der Waals surface area contributed by atoms with Gasteiger partial charge in [0.05, 0.1) is 17.5 Å². The molecule has 0 aliphatic rings. The number of nitrogens with one attached hydrogen (secondary N) is 2. The number of aromatic nitrogens is 4. The number of anilines is 1. The largest absolute Gasteiger partial charge is 0.419 e. The van der Waals surface area contributed by atoms with Crippen molar-refractivity contribution in [2.45, 2.75) is 12.4 Å². The molecule has 184 valence electrons. The first-order valence-corrected chi connectivity index (χ1v) is 9.58. The molecular weight excluding hydrogens is 502 g/mol. The van der Waals surface area contributed by atoms with Crippen molar-refractivity contribution in [3.05, 3.63) is 66.7 Å². The van der Waals surface area contributed by atoms with Crippen LogP contribution in [0.25, 0.3) is 28.3 Å². The van der Waals surface area contributed by atoms with Gasteiger partial charge in [-0.25, -0.2) is 19.7 Å². The van der Waals surface area contributed by atoms with E-state index in [-0.39, 0.29) is 23.9 Å². The summed E-state index contributed by atoms with van der Waals surface area (Å²) in [6.07, 6.45) is -4.50. The molecule has 3 heterocycles. The predicted octanol–water partition coefficient (Wildman–Crippen LogP) is 5.58. The maximum absolute atomic E-state index is 12.7. The van der Waals surface area contributed by atoms with Crippen LogP contribution in [0.3, 0.4) is 0 Å². The van der Waals surface area contributed by atoms with Gasteiger partial charge < -0.3 is 10.6 Å². The summed E-state index contributed by atoms with van der Waals surface area (Å²) in [4.78, 5) is 23.5. The molecule has 1 aromatic carbocycles. The van der Waals surface area contributed by atoms with Crippen molar-refractivity contribution in [2.24, 2.45) is 0 Å². The molecular formula is C21H15ClF6N6O. The number of alkyl halides is 6. The van der Waals surface area contributed by atoms with E-state index in [9.17, 15) is 31.1 Å². The van der Waals surface area contributed by atoms with Crippen molar-refractivity contribution in [2.75, 3.05) is 11.9 Å². The van der Waals surface area contributed by atoms with Crippen molar-refractivity contribution in [3.63, 3.8) is 0 Å². The Morgan fingerprint density at radius 2 is 1.63 bits per heavy atom. The third-order valence-electron chi connectivity index (χ3n) is 4.62. The van der Waals surface area contributed by atoms with Gasteiger partial charge in [0.25, 0.3) is 0 Å². The van der Waals surface area contributed by atoms with Crippen LogP contribution in [-0.2, 0) is 6.18 Å². The maximum atomic E-state index is 12.7. The first kappa shape index (κ1) is 25.7. The molecule has 0 saturated heterocycles. The summed E-state index contributed by atoms with van der Waals surface area (Å²) in [5.74, 6) is 0.0936. The zero-order valence-corrected chi connectivity index (χ0v) is 18.2.